The normalized spacial score (nSPS) is 15.1. The fourth-order valence-electron chi connectivity index (χ4n) is 2.55. The van der Waals surface area contributed by atoms with Gasteiger partial charge in [0.15, 0.2) is 5.78 Å². The van der Waals surface area contributed by atoms with E-state index in [1.165, 1.54) is 31.4 Å². The molecule has 1 aliphatic rings. The molecule has 2 aromatic carbocycles. The van der Waals surface area contributed by atoms with Crippen molar-refractivity contribution in [3.8, 4) is 11.5 Å². The number of Topliss-reactive ketones (excluding diaryl/α,β-unsaturated/α-hetero) is 1. The zero-order chi connectivity index (χ0) is 19.6. The van der Waals surface area contributed by atoms with E-state index in [9.17, 15) is 22.8 Å². The predicted molar refractivity (Wildman–Crippen MR) is 91.9 cm³/mol. The van der Waals surface area contributed by atoms with Gasteiger partial charge in [-0.05, 0) is 42.0 Å². The fourth-order valence-corrected chi connectivity index (χ4v) is 2.55. The molecule has 0 atom stereocenters. The number of rotatable bonds is 3. The number of amides is 1. The molecule has 1 heterocycles. The van der Waals surface area contributed by atoms with Gasteiger partial charge in [0.1, 0.15) is 18.1 Å². The van der Waals surface area contributed by atoms with Crippen LogP contribution < -0.4 is 14.8 Å². The summed E-state index contributed by atoms with van der Waals surface area (Å²) in [5.74, 6) is -1.39. The molecule has 8 heteroatoms. The van der Waals surface area contributed by atoms with Gasteiger partial charge in [0.05, 0.1) is 12.7 Å². The first-order valence-electron chi connectivity index (χ1n) is 7.82. The van der Waals surface area contributed by atoms with Gasteiger partial charge >= 0.3 is 12.1 Å². The fraction of sp³-hybridized carbons (Fsp3) is 0.158. The number of methoxy groups -OCH3 is 1. The van der Waals surface area contributed by atoms with E-state index in [4.69, 9.17) is 9.47 Å². The van der Waals surface area contributed by atoms with Crippen molar-refractivity contribution in [3.05, 3.63) is 59.2 Å². The number of fused-ring (bicyclic) bond motifs is 1. The highest BCUT2D eigenvalue weighted by molar-refractivity contribution is 6.14. The van der Waals surface area contributed by atoms with E-state index < -0.39 is 12.1 Å². The van der Waals surface area contributed by atoms with E-state index in [1.54, 1.807) is 29.6 Å². The first-order chi connectivity index (χ1) is 12.8. The lowest BCUT2D eigenvalue weighted by molar-refractivity contribution is -0.167. The van der Waals surface area contributed by atoms with Crippen LogP contribution in [0.1, 0.15) is 15.9 Å². The molecule has 5 nitrogen and oxygen atoms in total. The largest absolute Gasteiger partial charge is 0.497 e. The number of halogens is 3. The topological polar surface area (TPSA) is 64.6 Å². The molecule has 27 heavy (non-hydrogen) atoms. The lowest BCUT2D eigenvalue weighted by Crippen LogP contribution is -2.29. The molecule has 0 aromatic heterocycles. The molecule has 0 saturated carbocycles. The number of benzene rings is 2. The van der Waals surface area contributed by atoms with Crippen LogP contribution in [0.5, 0.6) is 11.5 Å². The number of nitrogens with one attached hydrogen (secondary N) is 1. The zero-order valence-electron chi connectivity index (χ0n) is 14.1. The van der Waals surface area contributed by atoms with Crippen LogP contribution in [-0.4, -0.2) is 31.6 Å². The van der Waals surface area contributed by atoms with Gasteiger partial charge in [0.2, 0.25) is 0 Å². The van der Waals surface area contributed by atoms with Gasteiger partial charge in [0.25, 0.3) is 0 Å². The highest BCUT2D eigenvalue weighted by Gasteiger charge is 2.38. The second-order valence-corrected chi connectivity index (χ2v) is 5.73. The third kappa shape index (κ3) is 4.11. The Bertz CT molecular complexity index is 935. The summed E-state index contributed by atoms with van der Waals surface area (Å²) in [6, 6.07) is 10.6. The van der Waals surface area contributed by atoms with Gasteiger partial charge in [0, 0.05) is 11.3 Å². The van der Waals surface area contributed by atoms with Crippen molar-refractivity contribution in [1.82, 2.24) is 0 Å². The Balaban J connectivity index is 1.86. The van der Waals surface area contributed by atoms with Crippen LogP contribution in [0.2, 0.25) is 0 Å². The van der Waals surface area contributed by atoms with Crippen molar-refractivity contribution >= 4 is 23.5 Å². The maximum atomic E-state index is 12.7. The molecule has 0 fully saturated rings. The third-order valence-electron chi connectivity index (χ3n) is 3.85. The van der Waals surface area contributed by atoms with Crippen LogP contribution in [0.15, 0.2) is 48.0 Å². The first-order valence-corrected chi connectivity index (χ1v) is 7.82. The number of carbonyl (C=O) groups is 2. The Morgan fingerprint density at radius 3 is 2.70 bits per heavy atom. The summed E-state index contributed by atoms with van der Waals surface area (Å²) in [7, 11) is 1.48. The molecule has 0 unspecified atom stereocenters. The van der Waals surface area contributed by atoms with E-state index in [1.807, 2.05) is 0 Å². The van der Waals surface area contributed by atoms with Gasteiger partial charge in [-0.1, -0.05) is 12.1 Å². The summed E-state index contributed by atoms with van der Waals surface area (Å²) in [6.45, 7) is 0.0251. The van der Waals surface area contributed by atoms with Crippen molar-refractivity contribution in [2.45, 2.75) is 6.18 Å². The van der Waals surface area contributed by atoms with Crippen LogP contribution in [0.4, 0.5) is 18.9 Å². The molecule has 1 aliphatic heterocycles. The highest BCUT2D eigenvalue weighted by Crippen LogP contribution is 2.31. The van der Waals surface area contributed by atoms with Crippen molar-refractivity contribution in [2.24, 2.45) is 0 Å². The Morgan fingerprint density at radius 2 is 2.00 bits per heavy atom. The molecular formula is C19H14F3NO4. The smallest absolute Gasteiger partial charge is 0.471 e. The van der Waals surface area contributed by atoms with Gasteiger partial charge in [-0.2, -0.15) is 13.2 Å². The van der Waals surface area contributed by atoms with Crippen molar-refractivity contribution in [1.29, 1.82) is 0 Å². The van der Waals surface area contributed by atoms with E-state index in [0.717, 1.165) is 0 Å². The maximum absolute atomic E-state index is 12.7. The Kier molecular flexibility index (Phi) is 4.89. The average molecular weight is 377 g/mol. The summed E-state index contributed by atoms with van der Waals surface area (Å²) in [6.07, 6.45) is -3.47. The molecular weight excluding hydrogens is 363 g/mol. The van der Waals surface area contributed by atoms with Crippen LogP contribution in [0.3, 0.4) is 0 Å². The number of hydrogen-bond acceptors (Lipinski definition) is 4. The molecule has 0 aliphatic carbocycles. The minimum absolute atomic E-state index is 0.0251. The number of hydrogen-bond donors (Lipinski definition) is 1. The summed E-state index contributed by atoms with van der Waals surface area (Å²) in [5, 5.41) is 1.78. The molecule has 1 N–H and O–H groups in total. The molecule has 1 amide bonds. The third-order valence-corrected chi connectivity index (χ3v) is 3.85. The second-order valence-electron chi connectivity index (χ2n) is 5.73. The van der Waals surface area contributed by atoms with Gasteiger partial charge in [-0.15, -0.1) is 0 Å². The standard InChI is InChI=1S/C19H14F3NO4/c1-26-14-5-6-16-15(9-14)17(24)12(10-27-16)7-11-3-2-4-13(8-11)23-18(25)19(20,21)22/h2-9H,10H2,1H3,(H,23,25)/b12-7+. The number of carbonyl (C=O) groups excluding carboxylic acids is 2. The van der Waals surface area contributed by atoms with E-state index in [2.05, 4.69) is 0 Å². The second kappa shape index (κ2) is 7.14. The number of ketones is 1. The quantitative estimate of drug-likeness (QED) is 0.826. The highest BCUT2D eigenvalue weighted by atomic mass is 19.4. The maximum Gasteiger partial charge on any atom is 0.471 e. The van der Waals surface area contributed by atoms with E-state index in [-0.39, 0.29) is 18.1 Å². The molecule has 140 valence electrons. The van der Waals surface area contributed by atoms with Crippen LogP contribution >= 0.6 is 0 Å². The lowest BCUT2D eigenvalue weighted by atomic mass is 9.98. The number of anilines is 1. The summed E-state index contributed by atoms with van der Waals surface area (Å²) in [4.78, 5) is 23.7. The average Bonchev–Trinajstić information content (AvgIpc) is 2.63. The zero-order valence-corrected chi connectivity index (χ0v) is 14.1. The molecule has 3 rings (SSSR count). The van der Waals surface area contributed by atoms with Crippen molar-refractivity contribution in [2.75, 3.05) is 19.0 Å². The van der Waals surface area contributed by atoms with E-state index >= 15 is 0 Å². The monoisotopic (exact) mass is 377 g/mol. The van der Waals surface area contributed by atoms with Crippen LogP contribution in [-0.2, 0) is 4.79 Å². The minimum Gasteiger partial charge on any atom is -0.497 e. The summed E-state index contributed by atoms with van der Waals surface area (Å²) < 4.78 is 47.8. The van der Waals surface area contributed by atoms with Crippen LogP contribution in [0.25, 0.3) is 6.08 Å². The molecule has 0 bridgehead atoms. The molecule has 0 radical (unpaired) electrons. The minimum atomic E-state index is -4.98. The van der Waals surface area contributed by atoms with E-state index in [0.29, 0.717) is 28.2 Å². The van der Waals surface area contributed by atoms with Crippen molar-refractivity contribution in [3.63, 3.8) is 0 Å². The van der Waals surface area contributed by atoms with Crippen molar-refractivity contribution < 1.29 is 32.2 Å². The Morgan fingerprint density at radius 1 is 1.22 bits per heavy atom. The van der Waals surface area contributed by atoms with Gasteiger partial charge < -0.3 is 14.8 Å². The van der Waals surface area contributed by atoms with Gasteiger partial charge in [-0.3, -0.25) is 9.59 Å². The van der Waals surface area contributed by atoms with Crippen LogP contribution in [0, 0.1) is 0 Å². The summed E-state index contributed by atoms with van der Waals surface area (Å²) >= 11 is 0. The molecule has 0 spiro atoms. The van der Waals surface area contributed by atoms with Gasteiger partial charge in [-0.25, -0.2) is 0 Å². The number of alkyl halides is 3. The lowest BCUT2D eigenvalue weighted by Gasteiger charge is -2.19. The molecule has 0 saturated heterocycles. The Hall–Kier alpha value is -3.29. The predicted octanol–water partition coefficient (Wildman–Crippen LogP) is 3.85. The SMILES string of the molecule is COc1ccc2c(c1)C(=O)/C(=C/c1cccc(NC(=O)C(F)(F)F)c1)CO2. The number of ether oxygens (including phenoxy) is 2. The Labute approximate surface area is 152 Å². The molecule has 2 aromatic rings. The first kappa shape index (κ1) is 18.5. The summed E-state index contributed by atoms with van der Waals surface area (Å²) in [5.41, 5.74) is 1.09.